The third-order valence-corrected chi connectivity index (χ3v) is 4.13. The molecule has 0 aliphatic carbocycles. The first-order valence-electron chi connectivity index (χ1n) is 6.06. The number of hydrogen-bond acceptors (Lipinski definition) is 6. The molecule has 1 heterocycles. The van der Waals surface area contributed by atoms with E-state index in [4.69, 9.17) is 11.6 Å². The van der Waals surface area contributed by atoms with Crippen molar-refractivity contribution >= 4 is 46.0 Å². The molecule has 116 valence electrons. The van der Waals surface area contributed by atoms with E-state index in [1.165, 1.54) is 32.0 Å². The Morgan fingerprint density at radius 1 is 1.45 bits per heavy atom. The van der Waals surface area contributed by atoms with Gasteiger partial charge in [0, 0.05) is 36.6 Å². The van der Waals surface area contributed by atoms with Crippen LogP contribution in [0.5, 0.6) is 0 Å². The van der Waals surface area contributed by atoms with Crippen molar-refractivity contribution in [2.75, 3.05) is 0 Å². The number of carbonyl (C=O) groups excluding carboxylic acids is 2. The number of non-ortho nitro benzene ring substituents is 1. The van der Waals surface area contributed by atoms with E-state index in [0.717, 1.165) is 16.8 Å². The molecule has 1 N–H and O–H groups in total. The van der Waals surface area contributed by atoms with Gasteiger partial charge in [0.15, 0.2) is 5.17 Å². The molecule has 1 aliphatic heterocycles. The number of hydrogen-bond donors (Lipinski definition) is 1. The fourth-order valence-corrected chi connectivity index (χ4v) is 3.25. The lowest BCUT2D eigenvalue weighted by Crippen LogP contribution is -2.25. The summed E-state index contributed by atoms with van der Waals surface area (Å²) in [6.45, 7) is 2.62. The van der Waals surface area contributed by atoms with E-state index in [1.54, 1.807) is 0 Å². The standard InChI is InChI=1S/C12H11ClN4O4S/c1-6(18)14-12-15-16(7(2)19)11(22-12)9-5-8(17(20)21)3-4-10(9)13/h3-5,11H,1-2H3,(H,14,15,18)/t11-/m1/s1. The van der Waals surface area contributed by atoms with Crippen molar-refractivity contribution in [2.24, 2.45) is 5.10 Å². The summed E-state index contributed by atoms with van der Waals surface area (Å²) in [7, 11) is 0. The van der Waals surface area contributed by atoms with Crippen LogP contribution in [0.3, 0.4) is 0 Å². The van der Waals surface area contributed by atoms with Crippen LogP contribution in [0.2, 0.25) is 5.02 Å². The van der Waals surface area contributed by atoms with Crippen LogP contribution in [0.25, 0.3) is 0 Å². The molecule has 1 aromatic rings. The van der Waals surface area contributed by atoms with Crippen LogP contribution in [0.15, 0.2) is 23.3 Å². The molecule has 10 heteroatoms. The van der Waals surface area contributed by atoms with Crippen LogP contribution in [-0.4, -0.2) is 26.9 Å². The average Bonchev–Trinajstić information content (AvgIpc) is 2.81. The van der Waals surface area contributed by atoms with E-state index in [-0.39, 0.29) is 27.7 Å². The third kappa shape index (κ3) is 3.37. The van der Waals surface area contributed by atoms with Crippen molar-refractivity contribution in [3.63, 3.8) is 0 Å². The first kappa shape index (κ1) is 16.2. The minimum absolute atomic E-state index is 0.142. The number of carbonyl (C=O) groups is 2. The van der Waals surface area contributed by atoms with Gasteiger partial charge >= 0.3 is 0 Å². The second-order valence-corrected chi connectivity index (χ2v) is 5.86. The molecule has 0 bridgehead atoms. The van der Waals surface area contributed by atoms with E-state index in [1.807, 2.05) is 0 Å². The maximum Gasteiger partial charge on any atom is 0.269 e. The molecule has 2 amide bonds. The van der Waals surface area contributed by atoms with Crippen molar-refractivity contribution in [1.82, 2.24) is 10.3 Å². The van der Waals surface area contributed by atoms with Crippen molar-refractivity contribution in [1.29, 1.82) is 0 Å². The molecule has 0 aromatic heterocycles. The fraction of sp³-hybridized carbons (Fsp3) is 0.250. The van der Waals surface area contributed by atoms with E-state index < -0.39 is 10.3 Å². The van der Waals surface area contributed by atoms with Gasteiger partial charge in [-0.25, -0.2) is 5.01 Å². The molecule has 0 fully saturated rings. The quantitative estimate of drug-likeness (QED) is 0.655. The van der Waals surface area contributed by atoms with Crippen molar-refractivity contribution in [3.05, 3.63) is 38.9 Å². The van der Waals surface area contributed by atoms with Gasteiger partial charge < -0.3 is 5.32 Å². The number of halogens is 1. The van der Waals surface area contributed by atoms with Gasteiger partial charge in [-0.1, -0.05) is 23.4 Å². The Balaban J connectivity index is 2.39. The van der Waals surface area contributed by atoms with Gasteiger partial charge in [0.05, 0.1) is 4.92 Å². The number of benzene rings is 1. The van der Waals surface area contributed by atoms with E-state index in [0.29, 0.717) is 5.56 Å². The summed E-state index contributed by atoms with van der Waals surface area (Å²) < 4.78 is 0. The lowest BCUT2D eigenvalue weighted by molar-refractivity contribution is -0.384. The Kier molecular flexibility index (Phi) is 4.67. The van der Waals surface area contributed by atoms with Crippen LogP contribution in [-0.2, 0) is 9.59 Å². The van der Waals surface area contributed by atoms with Gasteiger partial charge in [0.2, 0.25) is 11.8 Å². The first-order valence-corrected chi connectivity index (χ1v) is 7.32. The van der Waals surface area contributed by atoms with Gasteiger partial charge in [-0.3, -0.25) is 19.7 Å². The number of amides is 2. The molecule has 2 rings (SSSR count). The number of rotatable bonds is 2. The normalized spacial score (nSPS) is 17.1. The minimum atomic E-state index is -0.674. The molecule has 1 aromatic carbocycles. The van der Waals surface area contributed by atoms with Gasteiger partial charge in [-0.2, -0.15) is 0 Å². The van der Waals surface area contributed by atoms with Crippen LogP contribution in [0.4, 0.5) is 5.69 Å². The minimum Gasteiger partial charge on any atom is -0.304 e. The summed E-state index contributed by atoms with van der Waals surface area (Å²) in [5, 5.41) is 18.3. The molecule has 1 aliphatic rings. The molecule has 1 atom stereocenters. The molecule has 0 radical (unpaired) electrons. The summed E-state index contributed by atoms with van der Waals surface area (Å²) in [6, 6.07) is 3.96. The number of nitro groups is 1. The van der Waals surface area contributed by atoms with E-state index >= 15 is 0 Å². The summed E-state index contributed by atoms with van der Waals surface area (Å²) in [5.74, 6) is -0.707. The van der Waals surface area contributed by atoms with Crippen LogP contribution < -0.4 is 5.32 Å². The highest BCUT2D eigenvalue weighted by Crippen LogP contribution is 2.42. The topological polar surface area (TPSA) is 105 Å². The Morgan fingerprint density at radius 2 is 2.14 bits per heavy atom. The Labute approximate surface area is 134 Å². The number of hydrazone groups is 1. The number of nitrogens with zero attached hydrogens (tertiary/aromatic N) is 3. The predicted molar refractivity (Wildman–Crippen MR) is 82.2 cm³/mol. The SMILES string of the molecule is CC(=O)NC1=NN(C(C)=O)[C@@H](c2cc([N+](=O)[O-])ccc2Cl)S1. The molecule has 0 saturated carbocycles. The highest BCUT2D eigenvalue weighted by atomic mass is 35.5. The lowest BCUT2D eigenvalue weighted by atomic mass is 10.2. The predicted octanol–water partition coefficient (Wildman–Crippen LogP) is 2.25. The Morgan fingerprint density at radius 3 is 2.68 bits per heavy atom. The summed E-state index contributed by atoms with van der Waals surface area (Å²) in [5.41, 5.74) is 0.233. The molecule has 8 nitrogen and oxygen atoms in total. The maximum atomic E-state index is 11.7. The molecule has 22 heavy (non-hydrogen) atoms. The third-order valence-electron chi connectivity index (χ3n) is 2.71. The Hall–Kier alpha value is -2.13. The van der Waals surface area contributed by atoms with Crippen molar-refractivity contribution in [3.8, 4) is 0 Å². The zero-order valence-electron chi connectivity index (χ0n) is 11.6. The average molecular weight is 343 g/mol. The van der Waals surface area contributed by atoms with Gasteiger partial charge in [-0.05, 0) is 6.07 Å². The largest absolute Gasteiger partial charge is 0.304 e. The highest BCUT2D eigenvalue weighted by Gasteiger charge is 2.34. The van der Waals surface area contributed by atoms with Gasteiger partial charge in [0.25, 0.3) is 5.69 Å². The fourth-order valence-electron chi connectivity index (χ4n) is 1.80. The molecule has 0 spiro atoms. The Bertz CT molecular complexity index is 694. The molecule has 0 unspecified atom stereocenters. The summed E-state index contributed by atoms with van der Waals surface area (Å²) >= 11 is 7.17. The first-order chi connectivity index (χ1) is 10.3. The lowest BCUT2D eigenvalue weighted by Gasteiger charge is -2.19. The second-order valence-electron chi connectivity index (χ2n) is 4.38. The van der Waals surface area contributed by atoms with Crippen molar-refractivity contribution < 1.29 is 14.5 Å². The molecular formula is C12H11ClN4O4S. The number of thioether (sulfide) groups is 1. The molecular weight excluding hydrogens is 332 g/mol. The monoisotopic (exact) mass is 342 g/mol. The van der Waals surface area contributed by atoms with Crippen LogP contribution in [0.1, 0.15) is 24.8 Å². The zero-order valence-corrected chi connectivity index (χ0v) is 13.1. The highest BCUT2D eigenvalue weighted by molar-refractivity contribution is 8.14. The van der Waals surface area contributed by atoms with E-state index in [2.05, 4.69) is 10.4 Å². The van der Waals surface area contributed by atoms with Crippen molar-refractivity contribution in [2.45, 2.75) is 19.2 Å². The number of nitro benzene ring substituents is 1. The molecule has 0 saturated heterocycles. The smallest absolute Gasteiger partial charge is 0.269 e. The zero-order chi connectivity index (χ0) is 16.4. The van der Waals surface area contributed by atoms with Crippen LogP contribution >= 0.6 is 23.4 Å². The van der Waals surface area contributed by atoms with E-state index in [9.17, 15) is 19.7 Å². The van der Waals surface area contributed by atoms with Gasteiger partial charge in [0.1, 0.15) is 5.37 Å². The second kappa shape index (κ2) is 6.32. The van der Waals surface area contributed by atoms with Gasteiger partial charge in [-0.15, -0.1) is 5.10 Å². The maximum absolute atomic E-state index is 11.7. The van der Waals surface area contributed by atoms with Crippen LogP contribution in [0, 0.1) is 10.1 Å². The number of amidine groups is 1. The summed E-state index contributed by atoms with van der Waals surface area (Å²) in [6.07, 6.45) is 0. The number of nitrogens with one attached hydrogen (secondary N) is 1. The summed E-state index contributed by atoms with van der Waals surface area (Å²) in [4.78, 5) is 33.2.